The Balaban J connectivity index is 1.38. The Bertz CT molecular complexity index is 593. The van der Waals surface area contributed by atoms with Gasteiger partial charge in [-0.05, 0) is 113 Å². The van der Waals surface area contributed by atoms with Gasteiger partial charge in [0.1, 0.15) is 6.61 Å². The second-order valence-corrected chi connectivity index (χ2v) is 11.6. The van der Waals surface area contributed by atoms with Crippen LogP contribution in [0.4, 0.5) is 0 Å². The van der Waals surface area contributed by atoms with Crippen molar-refractivity contribution in [3.05, 3.63) is 0 Å². The Morgan fingerprint density at radius 1 is 1.00 bits per heavy atom. The number of hydrogen-bond acceptors (Lipinski definition) is 4. The van der Waals surface area contributed by atoms with Crippen LogP contribution >= 0.6 is 0 Å². The summed E-state index contributed by atoms with van der Waals surface area (Å²) in [6.07, 6.45) is 14.6. The zero-order valence-electron chi connectivity index (χ0n) is 19.3. The van der Waals surface area contributed by atoms with E-state index in [0.717, 1.165) is 56.1 Å². The molecule has 0 spiro atoms. The minimum Gasteiger partial charge on any atom is -0.396 e. The van der Waals surface area contributed by atoms with Gasteiger partial charge >= 0.3 is 0 Å². The highest BCUT2D eigenvalue weighted by molar-refractivity contribution is 5.62. The van der Waals surface area contributed by atoms with E-state index in [4.69, 9.17) is 4.84 Å². The average molecular weight is 405 g/mol. The van der Waals surface area contributed by atoms with Crippen LogP contribution in [0.2, 0.25) is 0 Å². The third-order valence-electron chi connectivity index (χ3n) is 9.87. The fourth-order valence-electron chi connectivity index (χ4n) is 8.14. The molecule has 0 radical (unpaired) electrons. The molecule has 0 aromatic heterocycles. The smallest absolute Gasteiger partial charge is 0.118 e. The summed E-state index contributed by atoms with van der Waals surface area (Å²) >= 11 is 0. The van der Waals surface area contributed by atoms with Crippen LogP contribution in [0, 0.1) is 40.4 Å². The predicted molar refractivity (Wildman–Crippen MR) is 119 cm³/mol. The van der Waals surface area contributed by atoms with Gasteiger partial charge in [-0.15, -0.1) is 0 Å². The van der Waals surface area contributed by atoms with Gasteiger partial charge in [0.15, 0.2) is 0 Å². The highest BCUT2D eigenvalue weighted by atomic mass is 16.6. The highest BCUT2D eigenvalue weighted by Crippen LogP contribution is 2.67. The molecule has 166 valence electrons. The molecule has 0 unspecified atom stereocenters. The first kappa shape index (κ1) is 21.6. The van der Waals surface area contributed by atoms with Crippen LogP contribution in [-0.4, -0.2) is 49.6 Å². The quantitative estimate of drug-likeness (QED) is 0.387. The summed E-state index contributed by atoms with van der Waals surface area (Å²) in [6, 6.07) is 0. The van der Waals surface area contributed by atoms with Crippen molar-refractivity contribution in [2.24, 2.45) is 45.6 Å². The Morgan fingerprint density at radius 3 is 2.55 bits per heavy atom. The number of fused-ring (bicyclic) bond motifs is 5. The van der Waals surface area contributed by atoms with Crippen molar-refractivity contribution < 1.29 is 9.94 Å². The van der Waals surface area contributed by atoms with Crippen LogP contribution in [-0.2, 0) is 4.84 Å². The van der Waals surface area contributed by atoms with E-state index in [9.17, 15) is 5.11 Å². The first-order valence-electron chi connectivity index (χ1n) is 12.3. The molecule has 4 rings (SSSR count). The molecule has 0 aliphatic heterocycles. The number of nitrogens with zero attached hydrogens (tertiary/aromatic N) is 2. The lowest BCUT2D eigenvalue weighted by Crippen LogP contribution is -2.54. The third-order valence-corrected chi connectivity index (χ3v) is 9.87. The zero-order chi connectivity index (χ0) is 20.6. The van der Waals surface area contributed by atoms with Gasteiger partial charge in [-0.2, -0.15) is 0 Å². The van der Waals surface area contributed by atoms with E-state index in [1.807, 2.05) is 0 Å². The maximum atomic E-state index is 10.2. The average Bonchev–Trinajstić information content (AvgIpc) is 3.01. The van der Waals surface area contributed by atoms with Gasteiger partial charge in [0, 0.05) is 18.7 Å². The van der Waals surface area contributed by atoms with Crippen molar-refractivity contribution in [1.82, 2.24) is 4.90 Å². The summed E-state index contributed by atoms with van der Waals surface area (Å²) < 4.78 is 0. The van der Waals surface area contributed by atoms with Gasteiger partial charge in [0.05, 0.1) is 6.10 Å². The first-order valence-corrected chi connectivity index (χ1v) is 12.3. The number of aliphatic hydroxyl groups excluding tert-OH is 1. The molecule has 0 aromatic carbocycles. The number of oxime groups is 1. The molecular formula is C25H44N2O2. The number of aliphatic hydroxyl groups is 1. The monoisotopic (exact) mass is 404 g/mol. The Kier molecular flexibility index (Phi) is 6.33. The third kappa shape index (κ3) is 4.01. The molecule has 4 aliphatic carbocycles. The molecule has 0 bridgehead atoms. The minimum atomic E-state index is -0.0386. The minimum absolute atomic E-state index is 0.0386. The van der Waals surface area contributed by atoms with Crippen molar-refractivity contribution in [3.63, 3.8) is 0 Å². The maximum absolute atomic E-state index is 10.2. The fourth-order valence-corrected chi connectivity index (χ4v) is 8.14. The zero-order valence-corrected chi connectivity index (χ0v) is 19.3. The standard InChI is InChI=1S/C25H44N2O2/c1-24-12-10-20(28)16-18(24)6-8-21-22-9-7-19(25(22,2)13-11-23(21)24)17-26-29-15-5-14-27(3)4/h17-23,28H,5-16H2,1-4H3/b26-17+/t18-,19-,20+,21+,22+,23+,24+,25-/m1/s1. The van der Waals surface area contributed by atoms with Crippen molar-refractivity contribution in [3.8, 4) is 0 Å². The second-order valence-electron chi connectivity index (χ2n) is 11.6. The fraction of sp³-hybridized carbons (Fsp3) is 0.960. The van der Waals surface area contributed by atoms with Crippen LogP contribution in [0.25, 0.3) is 0 Å². The van der Waals surface area contributed by atoms with Gasteiger partial charge in [-0.3, -0.25) is 0 Å². The van der Waals surface area contributed by atoms with E-state index in [-0.39, 0.29) is 6.10 Å². The number of hydrogen-bond donors (Lipinski definition) is 1. The summed E-state index contributed by atoms with van der Waals surface area (Å²) in [4.78, 5) is 7.78. The van der Waals surface area contributed by atoms with Gasteiger partial charge in [-0.25, -0.2) is 0 Å². The molecule has 4 nitrogen and oxygen atoms in total. The SMILES string of the molecule is CN(C)CCCO/N=C/[C@H]1CC[C@H]2[C@@H]3CC[C@@H]4C[C@@H](O)CC[C@]4(C)[C@H]3CC[C@]12C. The normalized spacial score (nSPS) is 47.1. The number of rotatable bonds is 6. The molecule has 0 saturated heterocycles. The largest absolute Gasteiger partial charge is 0.396 e. The molecule has 0 aromatic rings. The van der Waals surface area contributed by atoms with E-state index in [1.54, 1.807) is 0 Å². The van der Waals surface area contributed by atoms with E-state index in [1.165, 1.54) is 44.9 Å². The molecule has 4 saturated carbocycles. The second kappa shape index (κ2) is 8.49. The van der Waals surface area contributed by atoms with Crippen LogP contribution < -0.4 is 0 Å². The van der Waals surface area contributed by atoms with E-state index in [2.05, 4.69) is 44.2 Å². The van der Waals surface area contributed by atoms with Crippen molar-refractivity contribution in [1.29, 1.82) is 0 Å². The molecule has 29 heavy (non-hydrogen) atoms. The maximum Gasteiger partial charge on any atom is 0.118 e. The molecule has 8 atom stereocenters. The predicted octanol–water partition coefficient (Wildman–Crippen LogP) is 4.96. The summed E-state index contributed by atoms with van der Waals surface area (Å²) in [6.45, 7) is 6.91. The van der Waals surface area contributed by atoms with Gasteiger partial charge in [0.2, 0.25) is 0 Å². The molecular weight excluding hydrogens is 360 g/mol. The van der Waals surface area contributed by atoms with Crippen LogP contribution in [0.1, 0.15) is 78.1 Å². The van der Waals surface area contributed by atoms with E-state index < -0.39 is 0 Å². The summed E-state index contributed by atoms with van der Waals surface area (Å²) in [5.41, 5.74) is 0.889. The lowest BCUT2D eigenvalue weighted by Gasteiger charge is -2.60. The lowest BCUT2D eigenvalue weighted by atomic mass is 9.45. The Morgan fingerprint density at radius 2 is 1.76 bits per heavy atom. The summed E-state index contributed by atoms with van der Waals surface area (Å²) in [5.74, 6) is 3.97. The molecule has 4 heteroatoms. The van der Waals surface area contributed by atoms with E-state index in [0.29, 0.717) is 16.7 Å². The summed E-state index contributed by atoms with van der Waals surface area (Å²) in [7, 11) is 4.20. The molecule has 0 amide bonds. The van der Waals surface area contributed by atoms with Gasteiger partial charge < -0.3 is 14.8 Å². The molecule has 1 N–H and O–H groups in total. The Labute approximate surface area is 178 Å². The van der Waals surface area contributed by atoms with Crippen LogP contribution in [0.3, 0.4) is 0 Å². The van der Waals surface area contributed by atoms with Crippen LogP contribution in [0.5, 0.6) is 0 Å². The van der Waals surface area contributed by atoms with Crippen molar-refractivity contribution >= 4 is 6.21 Å². The van der Waals surface area contributed by atoms with E-state index >= 15 is 0 Å². The molecule has 0 heterocycles. The molecule has 4 fully saturated rings. The van der Waals surface area contributed by atoms with Crippen LogP contribution in [0.15, 0.2) is 5.16 Å². The lowest BCUT2D eigenvalue weighted by molar-refractivity contribution is -0.123. The highest BCUT2D eigenvalue weighted by Gasteiger charge is 2.59. The Hall–Kier alpha value is -0.610. The summed E-state index contributed by atoms with van der Waals surface area (Å²) in [5, 5.41) is 14.6. The first-order chi connectivity index (χ1) is 13.8. The van der Waals surface area contributed by atoms with Crippen molar-refractivity contribution in [2.45, 2.75) is 84.2 Å². The topological polar surface area (TPSA) is 45.1 Å². The van der Waals surface area contributed by atoms with Gasteiger partial charge in [0.25, 0.3) is 0 Å². The van der Waals surface area contributed by atoms with Gasteiger partial charge in [-0.1, -0.05) is 19.0 Å². The molecule has 4 aliphatic rings. The van der Waals surface area contributed by atoms with Crippen molar-refractivity contribution in [2.75, 3.05) is 27.2 Å².